The van der Waals surface area contributed by atoms with Crippen LogP contribution in [0, 0.1) is 17.5 Å². The third-order valence-electron chi connectivity index (χ3n) is 5.28. The number of allylic oxidation sites excluding steroid dienone is 1. The van der Waals surface area contributed by atoms with Crippen molar-refractivity contribution in [2.75, 3.05) is 26.2 Å². The molecule has 170 valence electrons. The summed E-state index contributed by atoms with van der Waals surface area (Å²) in [4.78, 5) is 25.5. The van der Waals surface area contributed by atoms with Gasteiger partial charge in [0, 0.05) is 24.2 Å². The second-order valence-electron chi connectivity index (χ2n) is 7.71. The van der Waals surface area contributed by atoms with Crippen molar-refractivity contribution in [3.63, 3.8) is 0 Å². The molecule has 2 N–H and O–H groups in total. The number of quaternary nitrogens is 1. The van der Waals surface area contributed by atoms with Gasteiger partial charge in [-0.1, -0.05) is 0 Å². The summed E-state index contributed by atoms with van der Waals surface area (Å²) in [6.45, 7) is -0.486. The van der Waals surface area contributed by atoms with Gasteiger partial charge in [0.05, 0.1) is 19.6 Å². The van der Waals surface area contributed by atoms with Gasteiger partial charge in [0.1, 0.15) is 17.3 Å². The fourth-order valence-corrected chi connectivity index (χ4v) is 3.82. The molecule has 2 atom stereocenters. The van der Waals surface area contributed by atoms with Crippen molar-refractivity contribution < 1.29 is 40.5 Å². The van der Waals surface area contributed by atoms with Crippen LogP contribution in [0.2, 0.25) is 0 Å². The zero-order chi connectivity index (χ0) is 23.1. The lowest BCUT2D eigenvalue weighted by molar-refractivity contribution is -0.885. The number of nitrogens with zero attached hydrogens (tertiary/aromatic N) is 3. The maximum atomic E-state index is 13.8. The molecular formula is C19H20F6N4O2. The SMILES string of the molecule is CC(=O)C1=C2CN(C(=O)CC(N)Cc3cc(F)c(F)cc3F)CC[N+]2(CC(F)(F)F)[N-]1. The Morgan fingerprint density at radius 1 is 1.19 bits per heavy atom. The molecule has 0 spiro atoms. The van der Waals surface area contributed by atoms with E-state index in [1.54, 1.807) is 0 Å². The number of alkyl halides is 3. The number of amides is 1. The molecule has 0 bridgehead atoms. The quantitative estimate of drug-likeness (QED) is 0.411. The number of benzene rings is 1. The smallest absolute Gasteiger partial charge is 0.438 e. The minimum absolute atomic E-state index is 0.0423. The largest absolute Gasteiger partial charge is 0.474 e. The molecule has 12 heteroatoms. The molecule has 1 saturated heterocycles. The highest BCUT2D eigenvalue weighted by Gasteiger charge is 2.49. The van der Waals surface area contributed by atoms with Crippen molar-refractivity contribution >= 4 is 11.7 Å². The summed E-state index contributed by atoms with van der Waals surface area (Å²) in [6, 6.07) is 0.117. The van der Waals surface area contributed by atoms with Gasteiger partial charge in [-0.2, -0.15) is 13.2 Å². The summed E-state index contributed by atoms with van der Waals surface area (Å²) in [5, 5.41) is 0. The average Bonchev–Trinajstić information content (AvgIpc) is 2.61. The van der Waals surface area contributed by atoms with E-state index in [1.807, 2.05) is 0 Å². The van der Waals surface area contributed by atoms with Crippen molar-refractivity contribution in [1.82, 2.24) is 4.90 Å². The van der Waals surface area contributed by atoms with Crippen LogP contribution in [-0.2, 0) is 16.0 Å². The van der Waals surface area contributed by atoms with Gasteiger partial charge in [0.2, 0.25) is 5.91 Å². The minimum Gasteiger partial charge on any atom is -0.474 e. The van der Waals surface area contributed by atoms with Crippen molar-refractivity contribution in [1.29, 1.82) is 0 Å². The normalized spacial score (nSPS) is 21.9. The monoisotopic (exact) mass is 450 g/mol. The third-order valence-corrected chi connectivity index (χ3v) is 5.28. The Hall–Kier alpha value is -2.60. The highest BCUT2D eigenvalue weighted by molar-refractivity contribution is 5.97. The van der Waals surface area contributed by atoms with E-state index in [0.29, 0.717) is 12.1 Å². The van der Waals surface area contributed by atoms with Gasteiger partial charge in [-0.05, 0) is 25.0 Å². The van der Waals surface area contributed by atoms with Crippen LogP contribution in [0.3, 0.4) is 0 Å². The summed E-state index contributed by atoms with van der Waals surface area (Å²) in [5.41, 5.74) is 9.58. The second-order valence-corrected chi connectivity index (χ2v) is 7.71. The first-order valence-corrected chi connectivity index (χ1v) is 9.40. The third kappa shape index (κ3) is 4.85. The van der Waals surface area contributed by atoms with Gasteiger partial charge in [0.25, 0.3) is 0 Å². The Labute approximate surface area is 173 Å². The van der Waals surface area contributed by atoms with E-state index in [-0.39, 0.29) is 49.4 Å². The molecule has 1 fully saturated rings. The lowest BCUT2D eigenvalue weighted by Gasteiger charge is -2.62. The summed E-state index contributed by atoms with van der Waals surface area (Å²) in [5.74, 6) is -4.60. The molecular weight excluding hydrogens is 430 g/mol. The Morgan fingerprint density at radius 3 is 2.45 bits per heavy atom. The van der Waals surface area contributed by atoms with Crippen LogP contribution in [-0.4, -0.2) is 59.6 Å². The average molecular weight is 450 g/mol. The lowest BCUT2D eigenvalue weighted by atomic mass is 10.0. The number of hydrogen-bond donors (Lipinski definition) is 1. The zero-order valence-corrected chi connectivity index (χ0v) is 16.5. The molecule has 2 heterocycles. The van der Waals surface area contributed by atoms with Crippen molar-refractivity contribution in [2.24, 2.45) is 5.73 Å². The molecule has 1 amide bonds. The highest BCUT2D eigenvalue weighted by atomic mass is 19.4. The van der Waals surface area contributed by atoms with E-state index in [0.717, 1.165) is 0 Å². The van der Waals surface area contributed by atoms with Gasteiger partial charge in [0.15, 0.2) is 18.2 Å². The first-order chi connectivity index (χ1) is 14.3. The van der Waals surface area contributed by atoms with E-state index in [4.69, 9.17) is 5.73 Å². The lowest BCUT2D eigenvalue weighted by Crippen LogP contribution is -2.64. The molecule has 0 aliphatic carbocycles. The van der Waals surface area contributed by atoms with E-state index >= 15 is 0 Å². The van der Waals surface area contributed by atoms with Crippen LogP contribution >= 0.6 is 0 Å². The van der Waals surface area contributed by atoms with Gasteiger partial charge in [-0.25, -0.2) is 13.2 Å². The number of halogens is 6. The molecule has 0 aromatic heterocycles. The Balaban J connectivity index is 1.67. The topological polar surface area (TPSA) is 77.5 Å². The number of carbonyl (C=O) groups is 2. The number of ketones is 1. The molecule has 2 aliphatic heterocycles. The molecule has 0 saturated carbocycles. The maximum Gasteiger partial charge on any atom is 0.438 e. The standard InChI is InChI=1S/C19H20F6N4O2/c1-10(30)18-16-8-28(2-3-29(16,27-18)9-19(23,24)25)17(31)6-12(26)4-11-5-14(21)15(22)7-13(11)20/h5,7,12H,2-4,6,8-9,26H2,1H3. The Morgan fingerprint density at radius 2 is 1.84 bits per heavy atom. The number of rotatable bonds is 6. The second kappa shape index (κ2) is 8.15. The number of Topliss-reactive ketones (excluding diaryl/α,β-unsaturated/α-hetero) is 1. The Kier molecular flexibility index (Phi) is 6.07. The first kappa shape index (κ1) is 23.1. The first-order valence-electron chi connectivity index (χ1n) is 9.40. The number of nitrogens with two attached hydrogens (primary N) is 1. The van der Waals surface area contributed by atoms with Gasteiger partial charge < -0.3 is 20.7 Å². The molecule has 0 radical (unpaired) electrons. The molecule has 1 aromatic carbocycles. The van der Waals surface area contributed by atoms with Gasteiger partial charge in [-0.3, -0.25) is 9.59 Å². The number of carbonyl (C=O) groups excluding carboxylic acids is 2. The molecule has 2 aliphatic rings. The Bertz CT molecular complexity index is 948. The van der Waals surface area contributed by atoms with Crippen LogP contribution < -0.4 is 5.73 Å². The molecule has 3 rings (SSSR count). The van der Waals surface area contributed by atoms with Crippen molar-refractivity contribution in [2.45, 2.75) is 32.0 Å². The van der Waals surface area contributed by atoms with Crippen LogP contribution in [0.15, 0.2) is 23.5 Å². The number of piperazine rings is 1. The summed E-state index contributed by atoms with van der Waals surface area (Å²) < 4.78 is 78.3. The predicted octanol–water partition coefficient (Wildman–Crippen LogP) is 2.69. The van der Waals surface area contributed by atoms with Crippen LogP contribution in [0.25, 0.3) is 5.43 Å². The minimum atomic E-state index is -4.51. The van der Waals surface area contributed by atoms with Crippen LogP contribution in [0.5, 0.6) is 0 Å². The maximum absolute atomic E-state index is 13.8. The van der Waals surface area contributed by atoms with Crippen molar-refractivity contribution in [3.8, 4) is 0 Å². The number of fused-ring (bicyclic) bond motifs is 1. The fourth-order valence-electron chi connectivity index (χ4n) is 3.82. The molecule has 31 heavy (non-hydrogen) atoms. The summed E-state index contributed by atoms with van der Waals surface area (Å²) >= 11 is 0. The van der Waals surface area contributed by atoms with Crippen LogP contribution in [0.1, 0.15) is 18.9 Å². The molecule has 2 unspecified atom stereocenters. The summed E-state index contributed by atoms with van der Waals surface area (Å²) in [7, 11) is 0. The zero-order valence-electron chi connectivity index (χ0n) is 16.5. The van der Waals surface area contributed by atoms with E-state index in [1.165, 1.54) is 11.8 Å². The van der Waals surface area contributed by atoms with E-state index in [9.17, 15) is 35.9 Å². The summed E-state index contributed by atoms with van der Waals surface area (Å²) in [6.07, 6.45) is -5.05. The fraction of sp³-hybridized carbons (Fsp3) is 0.474. The van der Waals surface area contributed by atoms with Crippen molar-refractivity contribution in [3.05, 3.63) is 52.0 Å². The highest BCUT2D eigenvalue weighted by Crippen LogP contribution is 2.46. The van der Waals surface area contributed by atoms with E-state index < -0.39 is 52.5 Å². The predicted molar refractivity (Wildman–Crippen MR) is 96.3 cm³/mol. The van der Waals surface area contributed by atoms with Gasteiger partial charge >= 0.3 is 6.18 Å². The molecule has 6 nitrogen and oxygen atoms in total. The van der Waals surface area contributed by atoms with E-state index in [2.05, 4.69) is 5.43 Å². The van der Waals surface area contributed by atoms with Crippen LogP contribution in [0.4, 0.5) is 26.3 Å². The molecule has 1 aromatic rings. The number of hydrogen-bond acceptors (Lipinski definition) is 3. The van der Waals surface area contributed by atoms with Gasteiger partial charge in [-0.15, -0.1) is 0 Å².